The molecular weight excluding hydrogens is 309 g/mol. The lowest BCUT2D eigenvalue weighted by Gasteiger charge is -2.21. The molecule has 24 heavy (non-hydrogen) atoms. The van der Waals surface area contributed by atoms with Gasteiger partial charge in [-0.05, 0) is 50.6 Å². The van der Waals surface area contributed by atoms with Gasteiger partial charge < -0.3 is 14.8 Å². The van der Waals surface area contributed by atoms with E-state index in [0.717, 1.165) is 11.3 Å². The molecule has 128 valence electrons. The van der Waals surface area contributed by atoms with Crippen LogP contribution in [0.2, 0.25) is 0 Å². The summed E-state index contributed by atoms with van der Waals surface area (Å²) in [5.74, 6) is 0.0461. The van der Waals surface area contributed by atoms with Crippen molar-refractivity contribution in [3.8, 4) is 11.5 Å². The van der Waals surface area contributed by atoms with Gasteiger partial charge in [-0.2, -0.15) is 0 Å². The Morgan fingerprint density at radius 3 is 2.38 bits per heavy atom. The Hall–Kier alpha value is -2.56. The SMILES string of the molecule is CC(C)(C)Oc1ccc(CNC(=O)COc2ccccc2F)cc1. The summed E-state index contributed by atoms with van der Waals surface area (Å²) in [4.78, 5) is 11.8. The Balaban J connectivity index is 1.78. The zero-order chi connectivity index (χ0) is 17.6. The lowest BCUT2D eigenvalue weighted by Crippen LogP contribution is -2.28. The summed E-state index contributed by atoms with van der Waals surface area (Å²) in [5.41, 5.74) is 0.690. The van der Waals surface area contributed by atoms with Crippen LogP contribution in [0.4, 0.5) is 4.39 Å². The van der Waals surface area contributed by atoms with E-state index in [-0.39, 0.29) is 23.9 Å². The Labute approximate surface area is 141 Å². The Morgan fingerprint density at radius 2 is 1.75 bits per heavy atom. The number of benzene rings is 2. The van der Waals surface area contributed by atoms with E-state index in [9.17, 15) is 9.18 Å². The maximum atomic E-state index is 13.4. The first kappa shape index (κ1) is 17.8. The molecule has 4 nitrogen and oxygen atoms in total. The number of amides is 1. The number of nitrogens with one attached hydrogen (secondary N) is 1. The van der Waals surface area contributed by atoms with Crippen LogP contribution in [0.15, 0.2) is 48.5 Å². The van der Waals surface area contributed by atoms with Crippen LogP contribution in [0, 0.1) is 5.82 Å². The van der Waals surface area contributed by atoms with Gasteiger partial charge in [0.15, 0.2) is 18.2 Å². The summed E-state index contributed by atoms with van der Waals surface area (Å²) < 4.78 is 24.3. The number of carbonyl (C=O) groups is 1. The molecule has 2 aromatic carbocycles. The first-order valence-corrected chi connectivity index (χ1v) is 7.75. The summed E-state index contributed by atoms with van der Waals surface area (Å²) in [5, 5.41) is 2.73. The minimum Gasteiger partial charge on any atom is -0.488 e. The molecule has 5 heteroatoms. The van der Waals surface area contributed by atoms with E-state index in [1.807, 2.05) is 45.0 Å². The van der Waals surface area contributed by atoms with Gasteiger partial charge in [-0.25, -0.2) is 4.39 Å². The van der Waals surface area contributed by atoms with Crippen molar-refractivity contribution in [3.63, 3.8) is 0 Å². The average molecular weight is 331 g/mol. The molecule has 0 aliphatic heterocycles. The predicted octanol–water partition coefficient (Wildman–Crippen LogP) is 3.70. The van der Waals surface area contributed by atoms with Crippen molar-refractivity contribution >= 4 is 5.91 Å². The van der Waals surface area contributed by atoms with Gasteiger partial charge in [0, 0.05) is 6.54 Å². The number of hydrogen-bond donors (Lipinski definition) is 1. The summed E-state index contributed by atoms with van der Waals surface area (Å²) in [6.07, 6.45) is 0. The predicted molar refractivity (Wildman–Crippen MR) is 90.6 cm³/mol. The number of halogens is 1. The topological polar surface area (TPSA) is 47.6 Å². The lowest BCUT2D eigenvalue weighted by molar-refractivity contribution is -0.123. The Kier molecular flexibility index (Phi) is 5.79. The third-order valence-corrected chi connectivity index (χ3v) is 3.03. The van der Waals surface area contributed by atoms with Crippen molar-refractivity contribution in [1.82, 2.24) is 5.32 Å². The van der Waals surface area contributed by atoms with E-state index in [4.69, 9.17) is 9.47 Å². The van der Waals surface area contributed by atoms with Crippen LogP contribution in [0.3, 0.4) is 0 Å². The third-order valence-electron chi connectivity index (χ3n) is 3.03. The van der Waals surface area contributed by atoms with Crippen LogP contribution in [0.5, 0.6) is 11.5 Å². The van der Waals surface area contributed by atoms with E-state index in [1.165, 1.54) is 12.1 Å². The van der Waals surface area contributed by atoms with E-state index >= 15 is 0 Å². The molecule has 0 aliphatic carbocycles. The van der Waals surface area contributed by atoms with Crippen molar-refractivity contribution in [1.29, 1.82) is 0 Å². The average Bonchev–Trinajstić information content (AvgIpc) is 2.52. The smallest absolute Gasteiger partial charge is 0.258 e. The molecule has 2 aromatic rings. The second kappa shape index (κ2) is 7.81. The van der Waals surface area contributed by atoms with Gasteiger partial charge in [-0.15, -0.1) is 0 Å². The highest BCUT2D eigenvalue weighted by Gasteiger charge is 2.11. The normalized spacial score (nSPS) is 11.0. The van der Waals surface area contributed by atoms with E-state index in [1.54, 1.807) is 12.1 Å². The lowest BCUT2D eigenvalue weighted by atomic mass is 10.1. The highest BCUT2D eigenvalue weighted by molar-refractivity contribution is 5.77. The van der Waals surface area contributed by atoms with Gasteiger partial charge in [0.1, 0.15) is 11.4 Å². The molecule has 0 aromatic heterocycles. The van der Waals surface area contributed by atoms with Crippen LogP contribution in [-0.2, 0) is 11.3 Å². The monoisotopic (exact) mass is 331 g/mol. The molecule has 0 saturated carbocycles. The summed E-state index contributed by atoms with van der Waals surface area (Å²) in [7, 11) is 0. The van der Waals surface area contributed by atoms with Crippen molar-refractivity contribution in [3.05, 3.63) is 59.9 Å². The molecule has 0 heterocycles. The van der Waals surface area contributed by atoms with Crippen LogP contribution < -0.4 is 14.8 Å². The summed E-state index contributed by atoms with van der Waals surface area (Å²) in [6, 6.07) is 13.5. The van der Waals surface area contributed by atoms with Gasteiger partial charge in [0.05, 0.1) is 0 Å². The first-order valence-electron chi connectivity index (χ1n) is 7.75. The molecule has 0 bridgehead atoms. The molecule has 0 unspecified atom stereocenters. The maximum Gasteiger partial charge on any atom is 0.258 e. The summed E-state index contributed by atoms with van der Waals surface area (Å²) >= 11 is 0. The maximum absolute atomic E-state index is 13.4. The third kappa shape index (κ3) is 5.91. The van der Waals surface area contributed by atoms with Crippen molar-refractivity contribution in [2.24, 2.45) is 0 Å². The van der Waals surface area contributed by atoms with Crippen molar-refractivity contribution in [2.45, 2.75) is 32.9 Å². The second-order valence-corrected chi connectivity index (χ2v) is 6.35. The summed E-state index contributed by atoms with van der Waals surface area (Å²) in [6.45, 7) is 6.09. The number of ether oxygens (including phenoxy) is 2. The second-order valence-electron chi connectivity index (χ2n) is 6.35. The fraction of sp³-hybridized carbons (Fsp3) is 0.316. The minimum absolute atomic E-state index is 0.0660. The number of hydrogen-bond acceptors (Lipinski definition) is 3. The zero-order valence-corrected chi connectivity index (χ0v) is 14.1. The fourth-order valence-electron chi connectivity index (χ4n) is 1.99. The Bertz CT molecular complexity index is 678. The van der Waals surface area contributed by atoms with Crippen LogP contribution in [0.25, 0.3) is 0 Å². The van der Waals surface area contributed by atoms with Gasteiger partial charge >= 0.3 is 0 Å². The molecule has 1 amide bonds. The highest BCUT2D eigenvalue weighted by Crippen LogP contribution is 2.18. The number of para-hydroxylation sites is 1. The van der Waals surface area contributed by atoms with Gasteiger partial charge in [-0.3, -0.25) is 4.79 Å². The fourth-order valence-corrected chi connectivity index (χ4v) is 1.99. The molecule has 0 spiro atoms. The molecule has 0 radical (unpaired) electrons. The standard InChI is InChI=1S/C19H22FNO3/c1-19(2,3)24-15-10-8-14(9-11-15)12-21-18(22)13-23-17-7-5-4-6-16(17)20/h4-11H,12-13H2,1-3H3,(H,21,22). The van der Waals surface area contributed by atoms with Gasteiger partial charge in [-0.1, -0.05) is 24.3 Å². The van der Waals surface area contributed by atoms with Crippen LogP contribution in [0.1, 0.15) is 26.3 Å². The molecular formula is C19H22FNO3. The largest absolute Gasteiger partial charge is 0.488 e. The molecule has 0 saturated heterocycles. The van der Waals surface area contributed by atoms with Crippen LogP contribution >= 0.6 is 0 Å². The molecule has 1 N–H and O–H groups in total. The van der Waals surface area contributed by atoms with Crippen LogP contribution in [-0.4, -0.2) is 18.1 Å². The van der Waals surface area contributed by atoms with Gasteiger partial charge in [0.2, 0.25) is 0 Å². The van der Waals surface area contributed by atoms with E-state index in [2.05, 4.69) is 5.32 Å². The minimum atomic E-state index is -0.486. The number of carbonyl (C=O) groups excluding carboxylic acids is 1. The first-order chi connectivity index (χ1) is 11.3. The molecule has 0 atom stereocenters. The molecule has 0 fully saturated rings. The molecule has 2 rings (SSSR count). The highest BCUT2D eigenvalue weighted by atomic mass is 19.1. The quantitative estimate of drug-likeness (QED) is 0.878. The number of rotatable bonds is 6. The Morgan fingerprint density at radius 1 is 1.08 bits per heavy atom. The van der Waals surface area contributed by atoms with Crippen molar-refractivity contribution in [2.75, 3.05) is 6.61 Å². The molecule has 0 aliphatic rings. The van der Waals surface area contributed by atoms with E-state index in [0.29, 0.717) is 6.54 Å². The zero-order valence-electron chi connectivity index (χ0n) is 14.1. The van der Waals surface area contributed by atoms with Crippen molar-refractivity contribution < 1.29 is 18.7 Å². The van der Waals surface area contributed by atoms with Gasteiger partial charge in [0.25, 0.3) is 5.91 Å². The van der Waals surface area contributed by atoms with E-state index < -0.39 is 5.82 Å².